The SMILES string of the molecule is Nc1nc2c(ncn2[C@@H]2O[C@H](CNc3c(N[C@H]4C[C@H](n5cnc6c(=O)[nH]c(N)nc65)O[C@@H]4CO)c(=O)c3=O)[C@@H](O)[C@H]2O)c(=O)[nH]1. The van der Waals surface area contributed by atoms with E-state index in [0.717, 1.165) is 0 Å². The van der Waals surface area contributed by atoms with Crippen LogP contribution in [0.3, 0.4) is 0 Å². The van der Waals surface area contributed by atoms with Gasteiger partial charge in [0, 0.05) is 13.0 Å². The lowest BCUT2D eigenvalue weighted by atomic mass is 10.1. The van der Waals surface area contributed by atoms with Crippen molar-refractivity contribution in [3.63, 3.8) is 0 Å². The van der Waals surface area contributed by atoms with Crippen LogP contribution in [0.1, 0.15) is 18.9 Å². The molecule has 1 aromatic carbocycles. The minimum absolute atomic E-state index is 0.0281. The van der Waals surface area contributed by atoms with E-state index in [9.17, 15) is 34.5 Å². The van der Waals surface area contributed by atoms with E-state index in [4.69, 9.17) is 20.9 Å². The number of nitrogens with one attached hydrogen (secondary N) is 4. The Labute approximate surface area is 248 Å². The van der Waals surface area contributed by atoms with Crippen LogP contribution in [0, 0.1) is 0 Å². The Morgan fingerprint density at radius 1 is 0.867 bits per heavy atom. The summed E-state index contributed by atoms with van der Waals surface area (Å²) >= 11 is 0. The maximum atomic E-state index is 12.5. The Hall–Kier alpha value is -5.22. The lowest BCUT2D eigenvalue weighted by molar-refractivity contribution is -0.0312. The molecule has 2 fully saturated rings. The Kier molecular flexibility index (Phi) is 6.63. The van der Waals surface area contributed by atoms with Gasteiger partial charge in [0.1, 0.15) is 42.0 Å². The molecule has 0 radical (unpaired) electrons. The minimum Gasteiger partial charge on any atom is -0.394 e. The van der Waals surface area contributed by atoms with Crippen LogP contribution in [-0.4, -0.2) is 98.0 Å². The number of imidazole rings is 2. The minimum atomic E-state index is -1.47. The van der Waals surface area contributed by atoms with Crippen LogP contribution in [0.5, 0.6) is 0 Å². The van der Waals surface area contributed by atoms with Gasteiger partial charge in [-0.25, -0.2) is 9.97 Å². The van der Waals surface area contributed by atoms with Crippen LogP contribution in [0.4, 0.5) is 23.3 Å². The molecule has 0 unspecified atom stereocenters. The van der Waals surface area contributed by atoms with E-state index >= 15 is 0 Å². The van der Waals surface area contributed by atoms with Crippen LogP contribution >= 0.6 is 0 Å². The van der Waals surface area contributed by atoms with E-state index in [2.05, 4.69) is 40.5 Å². The Morgan fingerprint density at radius 3 is 2.11 bits per heavy atom. The summed E-state index contributed by atoms with van der Waals surface area (Å²) in [5.74, 6) is -0.302. The number of rotatable bonds is 8. The number of hydrogen-bond donors (Lipinski definition) is 9. The molecule has 11 N–H and O–H groups in total. The van der Waals surface area contributed by atoms with Crippen molar-refractivity contribution in [3.8, 4) is 0 Å². The molecule has 21 nitrogen and oxygen atoms in total. The first-order valence-corrected chi connectivity index (χ1v) is 13.6. The highest BCUT2D eigenvalue weighted by Crippen LogP contribution is 2.34. The normalized spacial score (nSPS) is 26.8. The molecule has 2 aliphatic heterocycles. The standard InChI is InChI=1S/C24H26N12O9/c25-23-31-18-12(20(42)33-23)28-4-35(18)9-1-6(8(3-37)44-9)30-11-10(15(39)16(11)40)27-2-7-14(38)17(41)22(45-7)36-5-29-13-19(36)32-24(26)34-21(13)43/h4-9,14,17,22,27,30,37-38,41H,1-3H2,(H3,25,31,33,42)(H3,26,32,34,43)/t6-,7+,8+,9+,14+,17+,22+/m0/s1. The van der Waals surface area contributed by atoms with Crippen LogP contribution in [-0.2, 0) is 9.47 Å². The number of ether oxygens (including phenoxy) is 2. The number of H-pyrrole nitrogens is 2. The fraction of sp³-hybridized carbons (Fsp3) is 0.417. The summed E-state index contributed by atoms with van der Waals surface area (Å²) in [5, 5.41) is 37.1. The van der Waals surface area contributed by atoms with Gasteiger partial charge in [0.25, 0.3) is 22.0 Å². The zero-order valence-electron chi connectivity index (χ0n) is 22.9. The molecule has 0 saturated carbocycles. The number of nitrogens with two attached hydrogens (primary N) is 2. The monoisotopic (exact) mass is 626 g/mol. The highest BCUT2D eigenvalue weighted by Gasteiger charge is 2.45. The molecule has 7 rings (SSSR count). The number of hydrogen-bond acceptors (Lipinski definition) is 17. The summed E-state index contributed by atoms with van der Waals surface area (Å²) in [6, 6.07) is -0.655. The van der Waals surface area contributed by atoms with Crippen molar-refractivity contribution in [2.24, 2.45) is 0 Å². The number of fused-ring (bicyclic) bond motifs is 2. The van der Waals surface area contributed by atoms with Gasteiger partial charge in [0.15, 0.2) is 28.6 Å². The molecule has 6 heterocycles. The average Bonchev–Trinajstić information content (AvgIpc) is 3.78. The number of aromatic nitrogens is 8. The Bertz CT molecular complexity index is 2130. The van der Waals surface area contributed by atoms with E-state index in [-0.39, 0.29) is 58.6 Å². The predicted molar refractivity (Wildman–Crippen MR) is 154 cm³/mol. The van der Waals surface area contributed by atoms with E-state index in [1.807, 2.05) is 0 Å². The molecular weight excluding hydrogens is 600 g/mol. The highest BCUT2D eigenvalue weighted by molar-refractivity contribution is 5.75. The Morgan fingerprint density at radius 2 is 1.47 bits per heavy atom. The summed E-state index contributed by atoms with van der Waals surface area (Å²) in [4.78, 5) is 70.2. The van der Waals surface area contributed by atoms with E-state index in [0.29, 0.717) is 0 Å². The number of nitrogens with zero attached hydrogens (tertiary/aromatic N) is 6. The zero-order chi connectivity index (χ0) is 31.7. The molecule has 5 aromatic rings. The van der Waals surface area contributed by atoms with Crippen LogP contribution in [0.15, 0.2) is 31.8 Å². The molecule has 2 aliphatic rings. The summed E-state index contributed by atoms with van der Waals surface area (Å²) in [6.45, 7) is -0.640. The summed E-state index contributed by atoms with van der Waals surface area (Å²) in [5.41, 5.74) is 8.58. The number of aliphatic hydroxyl groups is 3. The van der Waals surface area contributed by atoms with Gasteiger partial charge in [-0.15, -0.1) is 0 Å². The molecule has 21 heteroatoms. The van der Waals surface area contributed by atoms with Gasteiger partial charge in [-0.3, -0.25) is 38.3 Å². The van der Waals surface area contributed by atoms with Crippen molar-refractivity contribution in [2.75, 3.05) is 35.3 Å². The van der Waals surface area contributed by atoms with Crippen molar-refractivity contribution in [1.29, 1.82) is 0 Å². The molecule has 0 bridgehead atoms. The third-order valence-electron chi connectivity index (χ3n) is 7.96. The molecule has 236 valence electrons. The zero-order valence-corrected chi connectivity index (χ0v) is 22.9. The summed E-state index contributed by atoms with van der Waals surface area (Å²) in [6.07, 6.45) is -4.00. The van der Waals surface area contributed by atoms with Crippen molar-refractivity contribution in [2.45, 2.75) is 49.3 Å². The number of aromatic amines is 2. The Balaban J connectivity index is 1.06. The van der Waals surface area contributed by atoms with Gasteiger partial charge in [-0.05, 0) is 0 Å². The summed E-state index contributed by atoms with van der Waals surface area (Å²) in [7, 11) is 0. The van der Waals surface area contributed by atoms with Gasteiger partial charge >= 0.3 is 0 Å². The molecule has 7 atom stereocenters. The largest absolute Gasteiger partial charge is 0.394 e. The smallest absolute Gasteiger partial charge is 0.280 e. The van der Waals surface area contributed by atoms with Crippen molar-refractivity contribution in [3.05, 3.63) is 53.8 Å². The van der Waals surface area contributed by atoms with Crippen LogP contribution < -0.4 is 44.1 Å². The molecule has 4 aromatic heterocycles. The van der Waals surface area contributed by atoms with Gasteiger partial charge in [0.05, 0.1) is 25.3 Å². The summed E-state index contributed by atoms with van der Waals surface area (Å²) < 4.78 is 14.5. The van der Waals surface area contributed by atoms with Gasteiger partial charge in [-0.1, -0.05) is 0 Å². The van der Waals surface area contributed by atoms with Crippen LogP contribution in [0.2, 0.25) is 0 Å². The quantitative estimate of drug-likeness (QED) is 0.0737. The molecule has 45 heavy (non-hydrogen) atoms. The van der Waals surface area contributed by atoms with Crippen molar-refractivity contribution >= 4 is 45.6 Å². The van der Waals surface area contributed by atoms with E-state index in [1.54, 1.807) is 0 Å². The first-order chi connectivity index (χ1) is 21.5. The lowest BCUT2D eigenvalue weighted by Crippen LogP contribution is -2.43. The fourth-order valence-corrected chi connectivity index (χ4v) is 5.72. The first kappa shape index (κ1) is 28.5. The van der Waals surface area contributed by atoms with Crippen LogP contribution in [0.25, 0.3) is 22.3 Å². The van der Waals surface area contributed by atoms with Crippen molar-refractivity contribution in [1.82, 2.24) is 39.0 Å². The molecular formula is C24H26N12O9. The molecule has 0 amide bonds. The molecule has 0 aliphatic carbocycles. The first-order valence-electron chi connectivity index (χ1n) is 13.6. The van der Waals surface area contributed by atoms with E-state index in [1.165, 1.54) is 21.8 Å². The number of anilines is 4. The third kappa shape index (κ3) is 4.52. The third-order valence-corrected chi connectivity index (χ3v) is 7.96. The van der Waals surface area contributed by atoms with Gasteiger partial charge in [0.2, 0.25) is 11.9 Å². The molecule has 2 saturated heterocycles. The van der Waals surface area contributed by atoms with Gasteiger partial charge in [-0.2, -0.15) is 9.97 Å². The second-order valence-corrected chi connectivity index (χ2v) is 10.7. The van der Waals surface area contributed by atoms with Crippen molar-refractivity contribution < 1.29 is 24.8 Å². The maximum absolute atomic E-state index is 12.5. The number of nitrogen functional groups attached to an aromatic ring is 2. The average molecular weight is 627 g/mol. The number of aliphatic hydroxyl groups excluding tert-OH is 3. The lowest BCUT2D eigenvalue weighted by Gasteiger charge is -2.23. The maximum Gasteiger partial charge on any atom is 0.280 e. The van der Waals surface area contributed by atoms with E-state index < -0.39 is 71.5 Å². The molecule has 0 spiro atoms. The second kappa shape index (κ2) is 10.4. The fourth-order valence-electron chi connectivity index (χ4n) is 5.72. The second-order valence-electron chi connectivity index (χ2n) is 10.7. The highest BCUT2D eigenvalue weighted by atomic mass is 16.6. The van der Waals surface area contributed by atoms with Gasteiger partial charge < -0.3 is 46.9 Å². The predicted octanol–water partition coefficient (Wildman–Crippen LogP) is -4.20. The topological polar surface area (TPSA) is 317 Å².